The van der Waals surface area contributed by atoms with Crippen molar-refractivity contribution in [3.63, 3.8) is 0 Å². The lowest BCUT2D eigenvalue weighted by molar-refractivity contribution is -0.143. The highest BCUT2D eigenvalue weighted by molar-refractivity contribution is 7.98. The van der Waals surface area contributed by atoms with Crippen LogP contribution in [0.15, 0.2) is 0 Å². The van der Waals surface area contributed by atoms with Crippen LogP contribution in [0.2, 0.25) is 0 Å². The van der Waals surface area contributed by atoms with Crippen LogP contribution in [-0.2, 0) is 28.8 Å². The summed E-state index contributed by atoms with van der Waals surface area (Å²) in [6, 6.07) is -6.30. The second kappa shape index (κ2) is 19.2. The number of carboxylic acids is 1. The van der Waals surface area contributed by atoms with Crippen LogP contribution in [-0.4, -0.2) is 113 Å². The van der Waals surface area contributed by atoms with E-state index in [1.165, 1.54) is 11.8 Å². The van der Waals surface area contributed by atoms with Gasteiger partial charge in [-0.15, -0.1) is 0 Å². The van der Waals surface area contributed by atoms with E-state index in [9.17, 15) is 39.0 Å². The van der Waals surface area contributed by atoms with E-state index >= 15 is 0 Å². The first kappa shape index (κ1) is 37.0. The second-order valence-electron chi connectivity index (χ2n) is 9.85. The van der Waals surface area contributed by atoms with Crippen molar-refractivity contribution in [1.82, 2.24) is 26.6 Å². The van der Waals surface area contributed by atoms with Gasteiger partial charge in [0.15, 0.2) is 0 Å². The van der Waals surface area contributed by atoms with Gasteiger partial charge in [-0.1, -0.05) is 27.7 Å². The molecule has 16 heteroatoms. The van der Waals surface area contributed by atoms with E-state index in [0.717, 1.165) is 0 Å². The average molecular weight is 593 g/mol. The number of amides is 5. The predicted octanol–water partition coefficient (Wildman–Crippen LogP) is -3.11. The highest BCUT2D eigenvalue weighted by atomic mass is 32.2. The van der Waals surface area contributed by atoms with Gasteiger partial charge in [0.25, 0.3) is 0 Å². The van der Waals surface area contributed by atoms with Gasteiger partial charge in [0, 0.05) is 0 Å². The van der Waals surface area contributed by atoms with Gasteiger partial charge in [-0.3, -0.25) is 24.0 Å². The van der Waals surface area contributed by atoms with Crippen LogP contribution < -0.4 is 32.3 Å². The van der Waals surface area contributed by atoms with Crippen molar-refractivity contribution in [2.75, 3.05) is 31.8 Å². The van der Waals surface area contributed by atoms with Crippen molar-refractivity contribution in [3.8, 4) is 0 Å². The molecule has 230 valence electrons. The zero-order valence-corrected chi connectivity index (χ0v) is 24.4. The monoisotopic (exact) mass is 592 g/mol. The average Bonchev–Trinajstić information content (AvgIpc) is 2.89. The van der Waals surface area contributed by atoms with Gasteiger partial charge in [-0.2, -0.15) is 11.8 Å². The van der Waals surface area contributed by atoms with Crippen LogP contribution >= 0.6 is 11.8 Å². The van der Waals surface area contributed by atoms with Crippen molar-refractivity contribution < 1.29 is 44.1 Å². The number of thioether (sulfide) groups is 1. The smallest absolute Gasteiger partial charge is 0.328 e. The molecule has 40 heavy (non-hydrogen) atoms. The number of hydrogen-bond acceptors (Lipinski definition) is 10. The summed E-state index contributed by atoms with van der Waals surface area (Å²) in [5.74, 6) is -5.23. The zero-order valence-electron chi connectivity index (χ0n) is 23.6. The zero-order chi connectivity index (χ0) is 31.0. The molecule has 0 aromatic heterocycles. The van der Waals surface area contributed by atoms with E-state index in [1.807, 2.05) is 0 Å². The number of nitrogens with two attached hydrogens (primary N) is 1. The molecule has 0 unspecified atom stereocenters. The van der Waals surface area contributed by atoms with Crippen LogP contribution in [0, 0.1) is 11.8 Å². The third-order valence-corrected chi connectivity index (χ3v) is 6.29. The highest BCUT2D eigenvalue weighted by Gasteiger charge is 2.33. The maximum atomic E-state index is 13.2. The van der Waals surface area contributed by atoms with E-state index < -0.39 is 91.4 Å². The molecule has 0 heterocycles. The van der Waals surface area contributed by atoms with Gasteiger partial charge in [0.05, 0.1) is 19.8 Å². The molecule has 0 aliphatic rings. The number of hydrogen-bond donors (Lipinski definition) is 9. The SMILES string of the molecule is CSCC[C@H](NC(=O)[C@H](CO)NC(=O)CN)C(=O)N[C@H](C(=O)N[C@@H](CC(C)C)C(=O)N[C@@H](CO)C(=O)O)C(C)C. The van der Waals surface area contributed by atoms with Crippen molar-refractivity contribution in [3.05, 3.63) is 0 Å². The molecule has 5 atom stereocenters. The molecule has 15 nitrogen and oxygen atoms in total. The van der Waals surface area contributed by atoms with Gasteiger partial charge in [0.2, 0.25) is 29.5 Å². The van der Waals surface area contributed by atoms with Crippen LogP contribution in [0.5, 0.6) is 0 Å². The molecule has 0 aromatic carbocycles. The number of carbonyl (C=O) groups excluding carboxylic acids is 5. The van der Waals surface area contributed by atoms with E-state index in [1.54, 1.807) is 34.0 Å². The number of aliphatic carboxylic acids is 1. The third kappa shape index (κ3) is 13.4. The maximum absolute atomic E-state index is 13.2. The molecule has 0 spiro atoms. The number of carboxylic acid groups (broad SMARTS) is 1. The van der Waals surface area contributed by atoms with Crippen molar-refractivity contribution in [2.24, 2.45) is 17.6 Å². The van der Waals surface area contributed by atoms with Gasteiger partial charge >= 0.3 is 5.97 Å². The predicted molar refractivity (Wildman–Crippen MR) is 148 cm³/mol. The Labute approximate surface area is 238 Å². The molecule has 0 rings (SSSR count). The molecular weight excluding hydrogens is 548 g/mol. The topological polar surface area (TPSA) is 249 Å². The highest BCUT2D eigenvalue weighted by Crippen LogP contribution is 2.10. The van der Waals surface area contributed by atoms with Gasteiger partial charge in [0.1, 0.15) is 30.2 Å². The fraction of sp³-hybridized carbons (Fsp3) is 0.750. The first-order valence-corrected chi connectivity index (χ1v) is 14.3. The Morgan fingerprint density at radius 1 is 0.725 bits per heavy atom. The van der Waals surface area contributed by atoms with Crippen LogP contribution in [0.25, 0.3) is 0 Å². The van der Waals surface area contributed by atoms with Crippen molar-refractivity contribution in [1.29, 1.82) is 0 Å². The molecule has 10 N–H and O–H groups in total. The number of aliphatic hydroxyl groups excluding tert-OH is 2. The van der Waals surface area contributed by atoms with Crippen molar-refractivity contribution >= 4 is 47.3 Å². The molecule has 0 saturated carbocycles. The Balaban J connectivity index is 5.75. The van der Waals surface area contributed by atoms with E-state index in [4.69, 9.17) is 10.8 Å². The lowest BCUT2D eigenvalue weighted by Crippen LogP contribution is -2.60. The Morgan fingerprint density at radius 3 is 1.68 bits per heavy atom. The lowest BCUT2D eigenvalue weighted by atomic mass is 9.99. The molecule has 0 bridgehead atoms. The normalized spacial score (nSPS) is 14.8. The molecule has 0 fully saturated rings. The van der Waals surface area contributed by atoms with Gasteiger partial charge < -0.3 is 47.6 Å². The molecule has 0 saturated heterocycles. The Bertz CT molecular complexity index is 874. The maximum Gasteiger partial charge on any atom is 0.328 e. The Morgan fingerprint density at radius 2 is 1.23 bits per heavy atom. The minimum absolute atomic E-state index is 0.0779. The first-order chi connectivity index (χ1) is 18.7. The Hall–Kier alpha value is -2.95. The van der Waals surface area contributed by atoms with E-state index in [2.05, 4.69) is 26.6 Å². The van der Waals surface area contributed by atoms with Crippen LogP contribution in [0.3, 0.4) is 0 Å². The summed E-state index contributed by atoms with van der Waals surface area (Å²) in [5, 5.41) is 39.9. The Kier molecular flexibility index (Phi) is 17.8. The second-order valence-corrected chi connectivity index (χ2v) is 10.8. The number of carbonyl (C=O) groups is 6. The summed E-state index contributed by atoms with van der Waals surface area (Å²) in [5.41, 5.74) is 5.23. The minimum Gasteiger partial charge on any atom is -0.480 e. The molecule has 0 aliphatic heterocycles. The van der Waals surface area contributed by atoms with Gasteiger partial charge in [-0.25, -0.2) is 4.79 Å². The van der Waals surface area contributed by atoms with Crippen LogP contribution in [0.1, 0.15) is 40.5 Å². The molecular formula is C24H44N6O9S. The number of rotatable bonds is 19. The van der Waals surface area contributed by atoms with Crippen LogP contribution in [0.4, 0.5) is 0 Å². The number of nitrogens with one attached hydrogen (secondary N) is 5. The summed E-state index contributed by atoms with van der Waals surface area (Å²) < 4.78 is 0. The summed E-state index contributed by atoms with van der Waals surface area (Å²) in [6.07, 6.45) is 2.12. The molecule has 0 radical (unpaired) electrons. The molecule has 0 aliphatic carbocycles. The molecule has 0 aromatic rings. The summed E-state index contributed by atoms with van der Waals surface area (Å²) in [7, 11) is 0. The lowest BCUT2D eigenvalue weighted by Gasteiger charge is -2.28. The first-order valence-electron chi connectivity index (χ1n) is 12.9. The van der Waals surface area contributed by atoms with E-state index in [-0.39, 0.29) is 18.8 Å². The summed E-state index contributed by atoms with van der Waals surface area (Å²) in [4.78, 5) is 74.6. The largest absolute Gasteiger partial charge is 0.480 e. The molecule has 5 amide bonds. The summed E-state index contributed by atoms with van der Waals surface area (Å²) >= 11 is 1.41. The number of aliphatic hydroxyl groups is 2. The van der Waals surface area contributed by atoms with Crippen molar-refractivity contribution in [2.45, 2.75) is 70.7 Å². The summed E-state index contributed by atoms with van der Waals surface area (Å²) in [6.45, 7) is 4.93. The van der Waals surface area contributed by atoms with E-state index in [0.29, 0.717) is 5.75 Å². The fourth-order valence-corrected chi connectivity index (χ4v) is 3.91. The minimum atomic E-state index is -1.56. The standard InChI is InChI=1S/C24H44N6O9S/c1-12(2)8-15(21(35)29-17(11-32)24(38)39)28-23(37)19(13(3)4)30-20(34)14(6-7-40-5)27-22(36)16(10-31)26-18(33)9-25/h12-17,19,31-32H,6-11,25H2,1-5H3,(H,26,33)(H,27,36)(H,28,37)(H,29,35)(H,30,34)(H,38,39)/t14-,15-,16-,17-,19-/m0/s1. The fourth-order valence-electron chi connectivity index (χ4n) is 3.44. The quantitative estimate of drug-likeness (QED) is 0.0726. The third-order valence-electron chi connectivity index (χ3n) is 5.65. The van der Waals surface area contributed by atoms with Gasteiger partial charge in [-0.05, 0) is 36.7 Å².